The van der Waals surface area contributed by atoms with Crippen LogP contribution in [0.1, 0.15) is 15.9 Å². The third-order valence-corrected chi connectivity index (χ3v) is 3.06. The maximum absolute atomic E-state index is 11.9. The number of aryl methyl sites for hydroxylation is 1. The molecule has 0 bridgehead atoms. The molecule has 0 aromatic heterocycles. The van der Waals surface area contributed by atoms with Crippen molar-refractivity contribution in [3.8, 4) is 5.75 Å². The van der Waals surface area contributed by atoms with E-state index >= 15 is 0 Å². The van der Waals surface area contributed by atoms with Crippen LogP contribution in [0.2, 0.25) is 0 Å². The molecule has 0 radical (unpaired) electrons. The van der Waals surface area contributed by atoms with E-state index in [1.165, 1.54) is 36.4 Å². The number of amides is 1. The van der Waals surface area contributed by atoms with Gasteiger partial charge < -0.3 is 15.2 Å². The highest BCUT2D eigenvalue weighted by Gasteiger charge is 2.16. The standard InChI is InChI=1S/C16H14N2O6/c1-10-5-6-14(13(7-10)18(22)23)24-9-15(19)17-12-4-2-3-11(8-12)16(20)21/h2-8H,9H2,1H3,(H,17,19)(H,20,21). The van der Waals surface area contributed by atoms with Crippen molar-refractivity contribution < 1.29 is 24.4 Å². The molecular formula is C16H14N2O6. The van der Waals surface area contributed by atoms with Crippen molar-refractivity contribution >= 4 is 23.3 Å². The smallest absolute Gasteiger partial charge is 0.335 e. The summed E-state index contributed by atoms with van der Waals surface area (Å²) in [6.45, 7) is 1.26. The molecule has 0 fully saturated rings. The number of nitrogens with zero attached hydrogens (tertiary/aromatic N) is 1. The summed E-state index contributed by atoms with van der Waals surface area (Å²) in [5, 5.41) is 22.3. The largest absolute Gasteiger partial charge is 0.478 e. The fourth-order valence-electron chi connectivity index (χ4n) is 1.96. The van der Waals surface area contributed by atoms with Crippen molar-refractivity contribution in [1.82, 2.24) is 0 Å². The Balaban J connectivity index is 2.03. The summed E-state index contributed by atoms with van der Waals surface area (Å²) in [5.74, 6) is -1.69. The first kappa shape index (κ1) is 16.9. The third-order valence-electron chi connectivity index (χ3n) is 3.06. The number of anilines is 1. The van der Waals surface area contributed by atoms with Crippen molar-refractivity contribution in [2.24, 2.45) is 0 Å². The molecule has 0 heterocycles. The SMILES string of the molecule is Cc1ccc(OCC(=O)Nc2cccc(C(=O)O)c2)c([N+](=O)[O-])c1. The Bertz CT molecular complexity index is 803. The van der Waals surface area contributed by atoms with E-state index in [9.17, 15) is 19.7 Å². The number of hydrogen-bond acceptors (Lipinski definition) is 5. The first-order chi connectivity index (χ1) is 11.4. The summed E-state index contributed by atoms with van der Waals surface area (Å²) in [7, 11) is 0. The minimum atomic E-state index is -1.11. The predicted molar refractivity (Wildman–Crippen MR) is 85.4 cm³/mol. The number of carbonyl (C=O) groups is 2. The number of carbonyl (C=O) groups excluding carboxylic acids is 1. The molecule has 0 atom stereocenters. The molecule has 8 nitrogen and oxygen atoms in total. The van der Waals surface area contributed by atoms with E-state index in [4.69, 9.17) is 9.84 Å². The van der Waals surface area contributed by atoms with Crippen molar-refractivity contribution in [2.75, 3.05) is 11.9 Å². The number of benzene rings is 2. The molecule has 1 amide bonds. The Morgan fingerprint density at radius 1 is 1.25 bits per heavy atom. The molecule has 2 aromatic rings. The Labute approximate surface area is 136 Å². The zero-order chi connectivity index (χ0) is 17.7. The Hall–Kier alpha value is -3.42. The molecule has 2 aromatic carbocycles. The van der Waals surface area contributed by atoms with E-state index in [-0.39, 0.29) is 17.0 Å². The van der Waals surface area contributed by atoms with Gasteiger partial charge in [0.15, 0.2) is 12.4 Å². The van der Waals surface area contributed by atoms with Gasteiger partial charge >= 0.3 is 11.7 Å². The summed E-state index contributed by atoms with van der Waals surface area (Å²) in [4.78, 5) is 33.1. The maximum atomic E-state index is 11.9. The van der Waals surface area contributed by atoms with Crippen LogP contribution in [0.4, 0.5) is 11.4 Å². The van der Waals surface area contributed by atoms with Gasteiger partial charge in [-0.2, -0.15) is 0 Å². The average Bonchev–Trinajstić information content (AvgIpc) is 2.53. The van der Waals surface area contributed by atoms with Gasteiger partial charge in [-0.15, -0.1) is 0 Å². The summed E-state index contributed by atoms with van der Waals surface area (Å²) in [5.41, 5.74) is 0.796. The second kappa shape index (κ2) is 7.23. The van der Waals surface area contributed by atoms with Gasteiger partial charge in [0.25, 0.3) is 5.91 Å². The van der Waals surface area contributed by atoms with Gasteiger partial charge in [0.2, 0.25) is 0 Å². The molecule has 0 saturated heterocycles. The number of carboxylic acids is 1. The van der Waals surface area contributed by atoms with Gasteiger partial charge in [0.1, 0.15) is 0 Å². The highest BCUT2D eigenvalue weighted by Crippen LogP contribution is 2.27. The summed E-state index contributed by atoms with van der Waals surface area (Å²) >= 11 is 0. The predicted octanol–water partition coefficient (Wildman–Crippen LogP) is 2.62. The topological polar surface area (TPSA) is 119 Å². The Morgan fingerprint density at radius 2 is 2.00 bits per heavy atom. The molecule has 0 saturated carbocycles. The lowest BCUT2D eigenvalue weighted by molar-refractivity contribution is -0.385. The Kier molecular flexibility index (Phi) is 5.10. The molecule has 2 N–H and O–H groups in total. The van der Waals surface area contributed by atoms with E-state index < -0.39 is 23.4 Å². The number of hydrogen-bond donors (Lipinski definition) is 2. The van der Waals surface area contributed by atoms with E-state index in [1.54, 1.807) is 13.0 Å². The molecule has 0 unspecified atom stereocenters. The van der Waals surface area contributed by atoms with E-state index in [1.807, 2.05) is 0 Å². The van der Waals surface area contributed by atoms with Gasteiger partial charge in [0.05, 0.1) is 10.5 Å². The monoisotopic (exact) mass is 330 g/mol. The van der Waals surface area contributed by atoms with Crippen LogP contribution in [0.5, 0.6) is 5.75 Å². The van der Waals surface area contributed by atoms with Gasteiger partial charge in [-0.3, -0.25) is 14.9 Å². The zero-order valence-electron chi connectivity index (χ0n) is 12.7. The number of carboxylic acid groups (broad SMARTS) is 1. The van der Waals surface area contributed by atoms with Crippen LogP contribution in [0.25, 0.3) is 0 Å². The number of nitro groups is 1. The van der Waals surface area contributed by atoms with Crippen LogP contribution in [0, 0.1) is 17.0 Å². The van der Waals surface area contributed by atoms with Crippen LogP contribution in [0.15, 0.2) is 42.5 Å². The van der Waals surface area contributed by atoms with Crippen molar-refractivity contribution in [2.45, 2.75) is 6.92 Å². The number of rotatable bonds is 6. The van der Waals surface area contributed by atoms with E-state index in [0.717, 1.165) is 0 Å². The maximum Gasteiger partial charge on any atom is 0.335 e. The van der Waals surface area contributed by atoms with Crippen LogP contribution in [-0.4, -0.2) is 28.5 Å². The van der Waals surface area contributed by atoms with E-state index in [0.29, 0.717) is 11.3 Å². The second-order valence-electron chi connectivity index (χ2n) is 4.95. The third kappa shape index (κ3) is 4.29. The molecule has 124 valence electrons. The highest BCUT2D eigenvalue weighted by molar-refractivity contribution is 5.94. The van der Waals surface area contributed by atoms with Gasteiger partial charge in [0, 0.05) is 11.8 Å². The van der Waals surface area contributed by atoms with Crippen LogP contribution >= 0.6 is 0 Å². The van der Waals surface area contributed by atoms with Crippen LogP contribution in [-0.2, 0) is 4.79 Å². The lowest BCUT2D eigenvalue weighted by Gasteiger charge is -2.08. The molecule has 0 aliphatic carbocycles. The molecule has 0 aliphatic heterocycles. The first-order valence-electron chi connectivity index (χ1n) is 6.88. The van der Waals surface area contributed by atoms with Crippen molar-refractivity contribution in [1.29, 1.82) is 0 Å². The lowest BCUT2D eigenvalue weighted by atomic mass is 10.2. The molecule has 0 spiro atoms. The first-order valence-corrected chi connectivity index (χ1v) is 6.88. The van der Waals surface area contributed by atoms with Crippen molar-refractivity contribution in [3.05, 3.63) is 63.7 Å². The van der Waals surface area contributed by atoms with Crippen molar-refractivity contribution in [3.63, 3.8) is 0 Å². The fraction of sp³-hybridized carbons (Fsp3) is 0.125. The number of nitrogens with one attached hydrogen (secondary N) is 1. The van der Waals surface area contributed by atoms with Gasteiger partial charge in [-0.05, 0) is 36.8 Å². The van der Waals surface area contributed by atoms with E-state index in [2.05, 4.69) is 5.32 Å². The lowest BCUT2D eigenvalue weighted by Crippen LogP contribution is -2.20. The zero-order valence-corrected chi connectivity index (χ0v) is 12.7. The average molecular weight is 330 g/mol. The number of ether oxygens (including phenoxy) is 1. The molecule has 0 aliphatic rings. The Morgan fingerprint density at radius 3 is 2.67 bits per heavy atom. The molecule has 8 heteroatoms. The quantitative estimate of drug-likeness (QED) is 0.621. The minimum Gasteiger partial charge on any atom is -0.478 e. The summed E-state index contributed by atoms with van der Waals surface area (Å²) < 4.78 is 5.20. The highest BCUT2D eigenvalue weighted by atomic mass is 16.6. The second-order valence-corrected chi connectivity index (χ2v) is 4.95. The molecule has 24 heavy (non-hydrogen) atoms. The number of aromatic carboxylic acids is 1. The normalized spacial score (nSPS) is 10.0. The number of nitro benzene ring substituents is 1. The molecular weight excluding hydrogens is 316 g/mol. The van der Waals surface area contributed by atoms with Gasteiger partial charge in [-0.1, -0.05) is 12.1 Å². The fourth-order valence-corrected chi connectivity index (χ4v) is 1.96. The summed E-state index contributed by atoms with van der Waals surface area (Å²) in [6.07, 6.45) is 0. The summed E-state index contributed by atoms with van der Waals surface area (Å²) in [6, 6.07) is 10.1. The van der Waals surface area contributed by atoms with Crippen LogP contribution < -0.4 is 10.1 Å². The molecule has 2 rings (SSSR count). The van der Waals surface area contributed by atoms with Crippen LogP contribution in [0.3, 0.4) is 0 Å². The minimum absolute atomic E-state index is 0.0139. The van der Waals surface area contributed by atoms with Gasteiger partial charge in [-0.25, -0.2) is 4.79 Å².